The first-order chi connectivity index (χ1) is 10.7. The Bertz CT molecular complexity index is 615. The van der Waals surface area contributed by atoms with Gasteiger partial charge in [-0.3, -0.25) is 9.69 Å². The van der Waals surface area contributed by atoms with Gasteiger partial charge in [0.05, 0.1) is 0 Å². The molecule has 3 rings (SSSR count). The number of amides is 1. The van der Waals surface area contributed by atoms with Gasteiger partial charge in [-0.25, -0.2) is 0 Å². The highest BCUT2D eigenvalue weighted by atomic mass is 16.1. The van der Waals surface area contributed by atoms with Gasteiger partial charge in [-0.2, -0.15) is 0 Å². The summed E-state index contributed by atoms with van der Waals surface area (Å²) >= 11 is 0. The highest BCUT2D eigenvalue weighted by Gasteiger charge is 2.18. The molecule has 0 radical (unpaired) electrons. The summed E-state index contributed by atoms with van der Waals surface area (Å²) in [5, 5.41) is 3.06. The molecule has 1 aromatic heterocycles. The molecule has 4 heteroatoms. The molecule has 0 aliphatic carbocycles. The van der Waals surface area contributed by atoms with E-state index < -0.39 is 0 Å². The highest BCUT2D eigenvalue weighted by molar-refractivity contribution is 5.94. The van der Waals surface area contributed by atoms with Gasteiger partial charge in [0.1, 0.15) is 0 Å². The van der Waals surface area contributed by atoms with E-state index >= 15 is 0 Å². The van der Waals surface area contributed by atoms with Gasteiger partial charge >= 0.3 is 0 Å². The summed E-state index contributed by atoms with van der Waals surface area (Å²) in [7, 11) is 0. The third kappa shape index (κ3) is 3.39. The zero-order valence-electron chi connectivity index (χ0n) is 13.0. The number of hydrogen-bond donors (Lipinski definition) is 1. The number of rotatable bonds is 5. The monoisotopic (exact) mass is 297 g/mol. The van der Waals surface area contributed by atoms with E-state index in [2.05, 4.69) is 17.1 Å². The molecule has 1 atom stereocenters. The Morgan fingerprint density at radius 1 is 1.18 bits per heavy atom. The van der Waals surface area contributed by atoms with E-state index in [1.807, 2.05) is 53.4 Å². The van der Waals surface area contributed by atoms with Gasteiger partial charge in [0.15, 0.2) is 0 Å². The van der Waals surface area contributed by atoms with Gasteiger partial charge in [0.25, 0.3) is 5.91 Å². The van der Waals surface area contributed by atoms with Crippen molar-refractivity contribution in [3.05, 3.63) is 54.4 Å². The lowest BCUT2D eigenvalue weighted by Gasteiger charge is -2.23. The molecule has 22 heavy (non-hydrogen) atoms. The molecule has 1 amide bonds. The first-order valence-electron chi connectivity index (χ1n) is 8.00. The van der Waals surface area contributed by atoms with Crippen LogP contribution in [0.15, 0.2) is 48.8 Å². The van der Waals surface area contributed by atoms with Crippen LogP contribution in [-0.2, 0) is 0 Å². The van der Waals surface area contributed by atoms with Crippen molar-refractivity contribution in [1.82, 2.24) is 14.8 Å². The van der Waals surface area contributed by atoms with E-state index in [0.29, 0.717) is 18.2 Å². The van der Waals surface area contributed by atoms with Gasteiger partial charge in [-0.1, -0.05) is 6.07 Å². The number of hydrogen-bond acceptors (Lipinski definition) is 2. The first kappa shape index (κ1) is 14.9. The van der Waals surface area contributed by atoms with E-state index in [4.69, 9.17) is 0 Å². The number of carbonyl (C=O) groups excluding carboxylic acids is 1. The predicted molar refractivity (Wildman–Crippen MR) is 88.4 cm³/mol. The molecule has 2 heterocycles. The molecule has 0 spiro atoms. The summed E-state index contributed by atoms with van der Waals surface area (Å²) in [5.74, 6) is 0.0000491. The van der Waals surface area contributed by atoms with Gasteiger partial charge in [0, 0.05) is 36.2 Å². The molecule has 1 saturated heterocycles. The van der Waals surface area contributed by atoms with Crippen LogP contribution in [0.4, 0.5) is 0 Å². The quantitative estimate of drug-likeness (QED) is 0.921. The Morgan fingerprint density at radius 2 is 1.91 bits per heavy atom. The van der Waals surface area contributed by atoms with Crippen LogP contribution in [-0.4, -0.2) is 41.1 Å². The molecule has 0 saturated carbocycles. The SMILES string of the molecule is CC(CNC(=O)c1cccc(-n2cccc2)c1)N1CCCC1. The van der Waals surface area contributed by atoms with Crippen molar-refractivity contribution in [3.8, 4) is 5.69 Å². The Balaban J connectivity index is 1.61. The van der Waals surface area contributed by atoms with Crippen molar-refractivity contribution in [3.63, 3.8) is 0 Å². The fourth-order valence-electron chi connectivity index (χ4n) is 2.97. The number of nitrogens with one attached hydrogen (secondary N) is 1. The van der Waals surface area contributed by atoms with Crippen molar-refractivity contribution < 1.29 is 4.79 Å². The van der Waals surface area contributed by atoms with E-state index in [1.54, 1.807) is 0 Å². The fourth-order valence-corrected chi connectivity index (χ4v) is 2.97. The Labute approximate surface area is 131 Å². The summed E-state index contributed by atoms with van der Waals surface area (Å²) in [6.07, 6.45) is 6.51. The lowest BCUT2D eigenvalue weighted by atomic mass is 10.2. The topological polar surface area (TPSA) is 37.3 Å². The van der Waals surface area contributed by atoms with Gasteiger partial charge in [0.2, 0.25) is 0 Å². The predicted octanol–water partition coefficient (Wildman–Crippen LogP) is 2.69. The first-order valence-corrected chi connectivity index (χ1v) is 8.00. The lowest BCUT2D eigenvalue weighted by Crippen LogP contribution is -2.40. The smallest absolute Gasteiger partial charge is 0.251 e. The fraction of sp³-hybridized carbons (Fsp3) is 0.389. The second-order valence-electron chi connectivity index (χ2n) is 5.94. The normalized spacial score (nSPS) is 16.6. The molecule has 2 aromatic rings. The van der Waals surface area contributed by atoms with Crippen molar-refractivity contribution in [2.45, 2.75) is 25.8 Å². The summed E-state index contributed by atoms with van der Waals surface area (Å²) in [6, 6.07) is 12.1. The van der Waals surface area contributed by atoms with Crippen LogP contribution in [0.5, 0.6) is 0 Å². The Hall–Kier alpha value is -2.07. The van der Waals surface area contributed by atoms with Crippen LogP contribution in [0.25, 0.3) is 5.69 Å². The van der Waals surface area contributed by atoms with Crippen LogP contribution >= 0.6 is 0 Å². The maximum atomic E-state index is 12.3. The molecule has 1 aromatic carbocycles. The molecule has 0 bridgehead atoms. The molecular formula is C18H23N3O. The number of likely N-dealkylation sites (tertiary alicyclic amines) is 1. The summed E-state index contributed by atoms with van der Waals surface area (Å²) in [6.45, 7) is 5.19. The average Bonchev–Trinajstić information content (AvgIpc) is 3.25. The Kier molecular flexibility index (Phi) is 4.59. The summed E-state index contributed by atoms with van der Waals surface area (Å²) in [5.41, 5.74) is 1.71. The van der Waals surface area contributed by atoms with Crippen molar-refractivity contribution in [2.24, 2.45) is 0 Å². The zero-order valence-corrected chi connectivity index (χ0v) is 13.0. The zero-order chi connectivity index (χ0) is 15.4. The van der Waals surface area contributed by atoms with Crippen LogP contribution in [0.3, 0.4) is 0 Å². The van der Waals surface area contributed by atoms with Gasteiger partial charge < -0.3 is 9.88 Å². The molecule has 1 aliphatic rings. The summed E-state index contributed by atoms with van der Waals surface area (Å²) in [4.78, 5) is 14.8. The number of nitrogens with zero attached hydrogens (tertiary/aromatic N) is 2. The minimum Gasteiger partial charge on any atom is -0.350 e. The molecule has 1 N–H and O–H groups in total. The van der Waals surface area contributed by atoms with Crippen LogP contribution < -0.4 is 5.32 Å². The molecular weight excluding hydrogens is 274 g/mol. The molecule has 1 fully saturated rings. The number of carbonyl (C=O) groups is 1. The van der Waals surface area contributed by atoms with E-state index in [-0.39, 0.29) is 5.91 Å². The van der Waals surface area contributed by atoms with Crippen LogP contribution in [0, 0.1) is 0 Å². The standard InChI is InChI=1S/C18H23N3O/c1-15(20-9-2-3-10-20)14-19-18(22)16-7-6-8-17(13-16)21-11-4-5-12-21/h4-8,11-13,15H,2-3,9-10,14H2,1H3,(H,19,22). The number of benzene rings is 1. The van der Waals surface area contributed by atoms with Gasteiger partial charge in [-0.05, 0) is 63.2 Å². The minimum absolute atomic E-state index is 0.0000491. The molecule has 1 aliphatic heterocycles. The molecule has 4 nitrogen and oxygen atoms in total. The highest BCUT2D eigenvalue weighted by Crippen LogP contribution is 2.12. The van der Waals surface area contributed by atoms with Crippen LogP contribution in [0.1, 0.15) is 30.1 Å². The Morgan fingerprint density at radius 3 is 2.64 bits per heavy atom. The van der Waals surface area contributed by atoms with E-state index in [0.717, 1.165) is 18.8 Å². The van der Waals surface area contributed by atoms with Crippen molar-refractivity contribution in [2.75, 3.05) is 19.6 Å². The van der Waals surface area contributed by atoms with E-state index in [9.17, 15) is 4.79 Å². The second kappa shape index (κ2) is 6.79. The number of aromatic nitrogens is 1. The minimum atomic E-state index is 0.0000491. The largest absolute Gasteiger partial charge is 0.350 e. The lowest BCUT2D eigenvalue weighted by molar-refractivity contribution is 0.0940. The molecule has 1 unspecified atom stereocenters. The van der Waals surface area contributed by atoms with Gasteiger partial charge in [-0.15, -0.1) is 0 Å². The third-order valence-corrected chi connectivity index (χ3v) is 4.33. The maximum Gasteiger partial charge on any atom is 0.251 e. The maximum absolute atomic E-state index is 12.3. The second-order valence-corrected chi connectivity index (χ2v) is 5.94. The van der Waals surface area contributed by atoms with Crippen LogP contribution in [0.2, 0.25) is 0 Å². The van der Waals surface area contributed by atoms with Crippen molar-refractivity contribution in [1.29, 1.82) is 0 Å². The van der Waals surface area contributed by atoms with E-state index in [1.165, 1.54) is 12.8 Å². The third-order valence-electron chi connectivity index (χ3n) is 4.33. The summed E-state index contributed by atoms with van der Waals surface area (Å²) < 4.78 is 2.00. The van der Waals surface area contributed by atoms with Crippen molar-refractivity contribution >= 4 is 5.91 Å². The molecule has 116 valence electrons. The average molecular weight is 297 g/mol.